The molecule has 0 radical (unpaired) electrons. The number of H-pyrrole nitrogens is 1. The van der Waals surface area contributed by atoms with Gasteiger partial charge in [0.25, 0.3) is 0 Å². The SMILES string of the molecule is C[C@]1(C2=CNC(c3cc(Sc4c(F)c(F)c5[nH]ccc5c4F)ccc3F)N2)CCOc2c(CCC(=O)O)cccc21. The molecule has 0 fully saturated rings. The van der Waals surface area contributed by atoms with E-state index >= 15 is 8.78 Å². The minimum absolute atomic E-state index is 0.0196. The molecule has 0 amide bonds. The van der Waals surface area contributed by atoms with E-state index in [2.05, 4.69) is 15.6 Å². The van der Waals surface area contributed by atoms with Crippen LogP contribution < -0.4 is 15.4 Å². The number of ether oxygens (including phenoxy) is 1. The fraction of sp³-hybridized carbons (Fsp3) is 0.233. The topological polar surface area (TPSA) is 86.4 Å². The first-order valence-electron chi connectivity index (χ1n) is 13.0. The summed E-state index contributed by atoms with van der Waals surface area (Å²) < 4.78 is 65.4. The van der Waals surface area contributed by atoms with E-state index in [1.165, 1.54) is 30.5 Å². The number of benzene rings is 3. The van der Waals surface area contributed by atoms with Gasteiger partial charge in [-0.2, -0.15) is 0 Å². The maximum Gasteiger partial charge on any atom is 0.303 e. The fourth-order valence-electron chi connectivity index (χ4n) is 5.47. The second-order valence-corrected chi connectivity index (χ2v) is 11.3. The van der Waals surface area contributed by atoms with Crippen molar-refractivity contribution in [1.29, 1.82) is 0 Å². The lowest BCUT2D eigenvalue weighted by molar-refractivity contribution is -0.136. The third kappa shape index (κ3) is 4.67. The highest BCUT2D eigenvalue weighted by molar-refractivity contribution is 7.99. The van der Waals surface area contributed by atoms with Crippen LogP contribution in [0.1, 0.15) is 42.6 Å². The molecule has 3 aromatic carbocycles. The minimum atomic E-state index is -1.32. The number of aromatic nitrogens is 1. The Balaban J connectivity index is 1.26. The molecule has 11 heteroatoms. The first kappa shape index (κ1) is 27.1. The number of carbonyl (C=O) groups is 1. The lowest BCUT2D eigenvalue weighted by atomic mass is 9.74. The standard InChI is InChI=1S/C30H25F4N3O3S/c1-30(10-12-40-27-15(5-8-22(38)39)3-2-4-19(27)30)21-14-36-29(37-21)18-13-16(6-7-20(18)31)41-28-23(32)17-9-11-35-26(17)24(33)25(28)34/h2-4,6-7,9,11,13-14,29,35-37H,5,8,10,12H2,1H3,(H,38,39)/t29?,30-/m0/s1. The number of allylic oxidation sites excluding steroid dienone is 1. The van der Waals surface area contributed by atoms with Gasteiger partial charge in [0.2, 0.25) is 0 Å². The van der Waals surface area contributed by atoms with Crippen molar-refractivity contribution in [3.63, 3.8) is 0 Å². The molecule has 0 saturated heterocycles. The summed E-state index contributed by atoms with van der Waals surface area (Å²) in [6.07, 6.45) is 3.37. The molecule has 0 bridgehead atoms. The van der Waals surface area contributed by atoms with Gasteiger partial charge in [-0.25, -0.2) is 17.6 Å². The molecule has 0 aliphatic carbocycles. The minimum Gasteiger partial charge on any atom is -0.493 e. The van der Waals surface area contributed by atoms with E-state index in [0.717, 1.165) is 16.8 Å². The predicted octanol–water partition coefficient (Wildman–Crippen LogP) is 6.67. The monoisotopic (exact) mass is 583 g/mol. The van der Waals surface area contributed by atoms with Gasteiger partial charge in [0, 0.05) is 51.3 Å². The summed E-state index contributed by atoms with van der Waals surface area (Å²) in [4.78, 5) is 13.5. The van der Waals surface area contributed by atoms with Crippen molar-refractivity contribution in [3.8, 4) is 5.75 Å². The van der Waals surface area contributed by atoms with E-state index in [-0.39, 0.29) is 22.9 Å². The molecule has 1 aromatic heterocycles. The molecular formula is C30H25F4N3O3S. The maximum absolute atomic E-state index is 15.1. The number of rotatable bonds is 7. The van der Waals surface area contributed by atoms with Crippen molar-refractivity contribution in [1.82, 2.24) is 15.6 Å². The molecular weight excluding hydrogens is 558 g/mol. The molecule has 1 unspecified atom stereocenters. The molecule has 2 atom stereocenters. The third-order valence-corrected chi connectivity index (χ3v) is 8.78. The Labute approximate surface area is 236 Å². The van der Waals surface area contributed by atoms with E-state index in [9.17, 15) is 13.6 Å². The zero-order chi connectivity index (χ0) is 28.9. The number of carboxylic acid groups (broad SMARTS) is 1. The average molecular weight is 584 g/mol. The van der Waals surface area contributed by atoms with Gasteiger partial charge in [0.05, 0.1) is 17.0 Å². The van der Waals surface area contributed by atoms with Crippen molar-refractivity contribution in [3.05, 3.63) is 101 Å². The number of hydrogen-bond acceptors (Lipinski definition) is 5. The molecule has 4 N–H and O–H groups in total. The second-order valence-electron chi connectivity index (χ2n) is 10.2. The Bertz CT molecular complexity index is 1720. The van der Waals surface area contributed by atoms with Gasteiger partial charge in [0.15, 0.2) is 11.6 Å². The molecule has 4 aromatic rings. The van der Waals surface area contributed by atoms with Crippen LogP contribution in [-0.4, -0.2) is 22.7 Å². The van der Waals surface area contributed by atoms with Gasteiger partial charge in [-0.3, -0.25) is 4.79 Å². The van der Waals surface area contributed by atoms with Crippen LogP contribution in [0, 0.1) is 23.3 Å². The number of aryl methyl sites for hydroxylation is 1. The number of aromatic amines is 1. The van der Waals surface area contributed by atoms with Crippen molar-refractivity contribution in [2.24, 2.45) is 0 Å². The summed E-state index contributed by atoms with van der Waals surface area (Å²) in [7, 11) is 0. The van der Waals surface area contributed by atoms with Crippen LogP contribution in [0.25, 0.3) is 10.9 Å². The van der Waals surface area contributed by atoms with Gasteiger partial charge in [-0.15, -0.1) is 0 Å². The lowest BCUT2D eigenvalue weighted by Gasteiger charge is -2.38. The Hall–Kier alpha value is -4.12. The summed E-state index contributed by atoms with van der Waals surface area (Å²) in [5, 5.41) is 15.6. The normalized spacial score (nSPS) is 19.7. The van der Waals surface area contributed by atoms with Gasteiger partial charge < -0.3 is 25.5 Å². The Morgan fingerprint density at radius 3 is 2.76 bits per heavy atom. The number of hydrogen-bond donors (Lipinski definition) is 4. The maximum atomic E-state index is 15.1. The highest BCUT2D eigenvalue weighted by Crippen LogP contribution is 2.46. The van der Waals surface area contributed by atoms with Crippen LogP contribution in [0.15, 0.2) is 70.3 Å². The Morgan fingerprint density at radius 2 is 1.95 bits per heavy atom. The zero-order valence-corrected chi connectivity index (χ0v) is 22.6. The summed E-state index contributed by atoms with van der Waals surface area (Å²) >= 11 is 0.680. The van der Waals surface area contributed by atoms with Crippen LogP contribution in [0.3, 0.4) is 0 Å². The van der Waals surface area contributed by atoms with Crippen LogP contribution in [0.4, 0.5) is 17.6 Å². The zero-order valence-electron chi connectivity index (χ0n) is 21.8. The number of halogens is 4. The highest BCUT2D eigenvalue weighted by Gasteiger charge is 2.40. The lowest BCUT2D eigenvalue weighted by Crippen LogP contribution is -2.37. The quantitative estimate of drug-likeness (QED) is 0.144. The number of para-hydroxylation sites is 1. The van der Waals surface area contributed by atoms with Crippen molar-refractivity contribution in [2.45, 2.75) is 47.6 Å². The summed E-state index contributed by atoms with van der Waals surface area (Å²) in [5.74, 6) is -4.16. The van der Waals surface area contributed by atoms with Crippen molar-refractivity contribution in [2.75, 3.05) is 6.61 Å². The van der Waals surface area contributed by atoms with E-state index in [0.29, 0.717) is 41.9 Å². The molecule has 212 valence electrons. The number of aliphatic carboxylic acids is 1. The largest absolute Gasteiger partial charge is 0.493 e. The molecule has 41 heavy (non-hydrogen) atoms. The van der Waals surface area contributed by atoms with E-state index < -0.39 is 45.7 Å². The molecule has 6 nitrogen and oxygen atoms in total. The van der Waals surface area contributed by atoms with Crippen LogP contribution in [0.5, 0.6) is 5.75 Å². The predicted molar refractivity (Wildman–Crippen MR) is 146 cm³/mol. The number of nitrogens with one attached hydrogen (secondary N) is 3. The summed E-state index contributed by atoms with van der Waals surface area (Å²) in [6, 6.07) is 11.1. The first-order chi connectivity index (χ1) is 19.7. The first-order valence-corrected chi connectivity index (χ1v) is 13.8. The molecule has 3 heterocycles. The van der Waals surface area contributed by atoms with Crippen LogP contribution in [0.2, 0.25) is 0 Å². The summed E-state index contributed by atoms with van der Waals surface area (Å²) in [6.45, 7) is 2.45. The molecule has 6 rings (SSSR count). The third-order valence-electron chi connectivity index (χ3n) is 7.73. The molecule has 0 spiro atoms. The molecule has 2 aliphatic rings. The fourth-order valence-corrected chi connectivity index (χ4v) is 6.40. The van der Waals surface area contributed by atoms with Crippen LogP contribution >= 0.6 is 11.8 Å². The van der Waals surface area contributed by atoms with E-state index in [1.54, 1.807) is 6.20 Å². The van der Waals surface area contributed by atoms with E-state index in [1.807, 2.05) is 25.1 Å². The van der Waals surface area contributed by atoms with Gasteiger partial charge in [-0.1, -0.05) is 30.0 Å². The Morgan fingerprint density at radius 1 is 1.12 bits per heavy atom. The smallest absolute Gasteiger partial charge is 0.303 e. The van der Waals surface area contributed by atoms with Gasteiger partial charge in [-0.05, 0) is 49.6 Å². The highest BCUT2D eigenvalue weighted by atomic mass is 32.2. The van der Waals surface area contributed by atoms with Crippen molar-refractivity contribution >= 4 is 28.6 Å². The van der Waals surface area contributed by atoms with Crippen LogP contribution in [-0.2, 0) is 16.6 Å². The summed E-state index contributed by atoms with van der Waals surface area (Å²) in [5.41, 5.74) is 1.93. The second kappa shape index (κ2) is 10.4. The van der Waals surface area contributed by atoms with Gasteiger partial charge >= 0.3 is 5.97 Å². The molecule has 0 saturated carbocycles. The average Bonchev–Trinajstić information content (AvgIpc) is 3.65. The molecule has 2 aliphatic heterocycles. The number of fused-ring (bicyclic) bond motifs is 2. The van der Waals surface area contributed by atoms with Gasteiger partial charge in [0.1, 0.15) is 23.5 Å². The van der Waals surface area contributed by atoms with E-state index in [4.69, 9.17) is 9.84 Å². The van der Waals surface area contributed by atoms with Crippen molar-refractivity contribution < 1.29 is 32.2 Å². The Kier molecular flexibility index (Phi) is 6.85. The number of carboxylic acids is 1.